The van der Waals surface area contributed by atoms with E-state index in [2.05, 4.69) is 10.3 Å². The number of nitrogens with zero attached hydrogens (tertiary/aromatic N) is 1. The average molecular weight is 433 g/mol. The Balaban J connectivity index is 2.10. The van der Waals surface area contributed by atoms with Crippen LogP contribution in [0.25, 0.3) is 10.2 Å². The van der Waals surface area contributed by atoms with Gasteiger partial charge in [-0.3, -0.25) is 4.79 Å². The maximum Gasteiger partial charge on any atom is 0.350 e. The van der Waals surface area contributed by atoms with Gasteiger partial charge in [-0.25, -0.2) is 18.2 Å². The molecule has 1 N–H and O–H groups in total. The van der Waals surface area contributed by atoms with Gasteiger partial charge in [0, 0.05) is 22.9 Å². The molecule has 0 spiro atoms. The number of hydrogen-bond acceptors (Lipinski definition) is 7. The van der Waals surface area contributed by atoms with Crippen LogP contribution in [0.15, 0.2) is 35.2 Å². The monoisotopic (exact) mass is 432 g/mol. The molecule has 0 fully saturated rings. The largest absolute Gasteiger partial charge is 0.462 e. The number of carbonyl (C=O) groups excluding carboxylic acids is 2. The van der Waals surface area contributed by atoms with E-state index < -0.39 is 21.7 Å². The summed E-state index contributed by atoms with van der Waals surface area (Å²) in [6, 6.07) is 7.60. The van der Waals surface area contributed by atoms with Gasteiger partial charge in [0.15, 0.2) is 9.84 Å². The Morgan fingerprint density at radius 2 is 1.93 bits per heavy atom. The molecule has 0 saturated carbocycles. The van der Waals surface area contributed by atoms with Gasteiger partial charge in [0.2, 0.25) is 0 Å². The zero-order valence-corrected chi connectivity index (χ0v) is 18.0. The topological polar surface area (TPSA) is 102 Å². The van der Waals surface area contributed by atoms with Crippen LogP contribution < -0.4 is 5.32 Å². The number of rotatable bonds is 5. The fourth-order valence-electron chi connectivity index (χ4n) is 2.96. The van der Waals surface area contributed by atoms with Crippen LogP contribution in [0.3, 0.4) is 0 Å². The number of pyridine rings is 1. The predicted octanol–water partition coefficient (Wildman–Crippen LogP) is 3.75. The Labute approximate surface area is 172 Å². The first-order valence-corrected chi connectivity index (χ1v) is 11.5. The minimum absolute atomic E-state index is 0.0411. The van der Waals surface area contributed by atoms with Crippen LogP contribution in [0.4, 0.5) is 5.69 Å². The van der Waals surface area contributed by atoms with Crippen molar-refractivity contribution in [3.8, 4) is 0 Å². The zero-order chi connectivity index (χ0) is 21.3. The second kappa shape index (κ2) is 7.92. The smallest absolute Gasteiger partial charge is 0.350 e. The number of anilines is 1. The molecule has 0 aliphatic heterocycles. The highest BCUT2D eigenvalue weighted by Gasteiger charge is 2.24. The predicted molar refractivity (Wildman–Crippen MR) is 113 cm³/mol. The highest BCUT2D eigenvalue weighted by atomic mass is 32.2. The summed E-state index contributed by atoms with van der Waals surface area (Å²) < 4.78 is 28.7. The number of carbonyl (C=O) groups is 2. The van der Waals surface area contributed by atoms with Crippen LogP contribution >= 0.6 is 11.3 Å². The summed E-state index contributed by atoms with van der Waals surface area (Å²) in [5.41, 5.74) is 2.15. The summed E-state index contributed by atoms with van der Waals surface area (Å²) in [6.07, 6.45) is 1.08. The first-order chi connectivity index (χ1) is 13.6. The van der Waals surface area contributed by atoms with Crippen LogP contribution in [-0.4, -0.2) is 38.1 Å². The molecule has 3 rings (SSSR count). The standard InChI is InChI=1S/C20H20N2O5S2/c1-5-27-20(24)17-16(15-11(2)9-12(3)21-19(15)28-17)22-18(23)13-7-6-8-14(10-13)29(4,25)26/h6-10H,5H2,1-4H3,(H,22,23). The Bertz CT molecular complexity index is 1230. The van der Waals surface area contributed by atoms with E-state index >= 15 is 0 Å². The molecule has 1 amide bonds. The van der Waals surface area contributed by atoms with Gasteiger partial charge >= 0.3 is 5.97 Å². The lowest BCUT2D eigenvalue weighted by molar-refractivity contribution is 0.0533. The van der Waals surface area contributed by atoms with Gasteiger partial charge in [-0.05, 0) is 50.6 Å². The Morgan fingerprint density at radius 1 is 1.21 bits per heavy atom. The van der Waals surface area contributed by atoms with E-state index in [1.165, 1.54) is 24.3 Å². The molecule has 29 heavy (non-hydrogen) atoms. The maximum absolute atomic E-state index is 12.9. The van der Waals surface area contributed by atoms with Gasteiger partial charge < -0.3 is 10.1 Å². The van der Waals surface area contributed by atoms with Crippen molar-refractivity contribution in [3.63, 3.8) is 0 Å². The molecule has 152 valence electrons. The van der Waals surface area contributed by atoms with Crippen LogP contribution in [0, 0.1) is 13.8 Å². The van der Waals surface area contributed by atoms with Crippen LogP contribution in [-0.2, 0) is 14.6 Å². The molecule has 0 unspecified atom stereocenters. The van der Waals surface area contributed by atoms with Crippen molar-refractivity contribution in [2.24, 2.45) is 0 Å². The van der Waals surface area contributed by atoms with Crippen molar-refractivity contribution in [1.29, 1.82) is 0 Å². The molecule has 0 bridgehead atoms. The van der Waals surface area contributed by atoms with E-state index in [1.807, 2.05) is 19.9 Å². The summed E-state index contributed by atoms with van der Waals surface area (Å²) in [7, 11) is -3.46. The number of amides is 1. The third-order valence-corrected chi connectivity index (χ3v) is 6.38. The first kappa shape index (κ1) is 20.9. The molecule has 0 saturated heterocycles. The molecule has 3 aromatic rings. The van der Waals surface area contributed by atoms with Crippen LogP contribution in [0.1, 0.15) is 38.2 Å². The van der Waals surface area contributed by atoms with Crippen LogP contribution in [0.5, 0.6) is 0 Å². The van der Waals surface area contributed by atoms with Gasteiger partial charge in [-0.2, -0.15) is 0 Å². The van der Waals surface area contributed by atoms with Crippen molar-refractivity contribution in [3.05, 3.63) is 52.0 Å². The molecule has 0 atom stereocenters. The number of aryl methyl sites for hydroxylation is 2. The maximum atomic E-state index is 12.9. The van der Waals surface area contributed by atoms with E-state index in [1.54, 1.807) is 6.92 Å². The number of ether oxygens (including phenoxy) is 1. The Morgan fingerprint density at radius 3 is 2.59 bits per heavy atom. The summed E-state index contributed by atoms with van der Waals surface area (Å²) in [6.45, 7) is 5.62. The van der Waals surface area contributed by atoms with E-state index in [9.17, 15) is 18.0 Å². The van der Waals surface area contributed by atoms with Crippen molar-refractivity contribution in [2.45, 2.75) is 25.7 Å². The molecule has 2 aromatic heterocycles. The summed E-state index contributed by atoms with van der Waals surface area (Å²) in [5.74, 6) is -1.08. The summed E-state index contributed by atoms with van der Waals surface area (Å²) in [4.78, 5) is 30.7. The van der Waals surface area contributed by atoms with E-state index in [0.717, 1.165) is 28.8 Å². The second-order valence-electron chi connectivity index (χ2n) is 6.54. The van der Waals surface area contributed by atoms with Crippen molar-refractivity contribution in [2.75, 3.05) is 18.2 Å². The highest BCUT2D eigenvalue weighted by molar-refractivity contribution is 7.90. The minimum Gasteiger partial charge on any atom is -0.462 e. The number of esters is 1. The number of fused-ring (bicyclic) bond motifs is 1. The highest BCUT2D eigenvalue weighted by Crippen LogP contribution is 2.38. The molecule has 7 nitrogen and oxygen atoms in total. The van der Waals surface area contributed by atoms with Gasteiger partial charge in [0.1, 0.15) is 9.71 Å². The molecular weight excluding hydrogens is 412 g/mol. The second-order valence-corrected chi connectivity index (χ2v) is 9.56. The number of nitrogens with one attached hydrogen (secondary N) is 1. The van der Waals surface area contributed by atoms with Gasteiger partial charge in [0.05, 0.1) is 17.2 Å². The number of benzene rings is 1. The number of hydrogen-bond donors (Lipinski definition) is 1. The molecular formula is C20H20N2O5S2. The van der Waals surface area contributed by atoms with Crippen molar-refractivity contribution < 1.29 is 22.7 Å². The first-order valence-electron chi connectivity index (χ1n) is 8.81. The summed E-state index contributed by atoms with van der Waals surface area (Å²) in [5, 5.41) is 3.43. The lowest BCUT2D eigenvalue weighted by atomic mass is 10.1. The molecule has 0 aliphatic carbocycles. The Kier molecular flexibility index (Phi) is 5.72. The fourth-order valence-corrected chi connectivity index (χ4v) is 4.77. The fraction of sp³-hybridized carbons (Fsp3) is 0.250. The molecule has 0 aliphatic rings. The molecule has 0 radical (unpaired) electrons. The van der Waals surface area contributed by atoms with E-state index in [4.69, 9.17) is 4.74 Å². The quantitative estimate of drug-likeness (QED) is 0.616. The van der Waals surface area contributed by atoms with Gasteiger partial charge in [-0.1, -0.05) is 6.07 Å². The third-order valence-electron chi connectivity index (χ3n) is 4.21. The van der Waals surface area contributed by atoms with E-state index in [0.29, 0.717) is 15.9 Å². The zero-order valence-electron chi connectivity index (χ0n) is 16.4. The van der Waals surface area contributed by atoms with Crippen molar-refractivity contribution in [1.82, 2.24) is 4.98 Å². The average Bonchev–Trinajstić information content (AvgIpc) is 2.99. The number of aromatic nitrogens is 1. The van der Waals surface area contributed by atoms with Crippen molar-refractivity contribution >= 4 is 49.0 Å². The lowest BCUT2D eigenvalue weighted by Crippen LogP contribution is -2.15. The van der Waals surface area contributed by atoms with Gasteiger partial charge in [-0.15, -0.1) is 11.3 Å². The van der Waals surface area contributed by atoms with Crippen LogP contribution in [0.2, 0.25) is 0 Å². The van der Waals surface area contributed by atoms with Gasteiger partial charge in [0.25, 0.3) is 5.91 Å². The third kappa shape index (κ3) is 4.30. The molecule has 9 heteroatoms. The normalized spacial score (nSPS) is 11.4. The Hall–Kier alpha value is -2.78. The molecule has 1 aromatic carbocycles. The minimum atomic E-state index is -3.46. The lowest BCUT2D eigenvalue weighted by Gasteiger charge is -2.09. The SMILES string of the molecule is CCOC(=O)c1sc2nc(C)cc(C)c2c1NC(=O)c1cccc(S(C)(=O)=O)c1. The molecule has 2 heterocycles. The van der Waals surface area contributed by atoms with E-state index in [-0.39, 0.29) is 21.9 Å². The number of thiophene rings is 1. The summed E-state index contributed by atoms with van der Waals surface area (Å²) >= 11 is 1.15. The number of sulfone groups is 1.